The van der Waals surface area contributed by atoms with Crippen LogP contribution in [-0.4, -0.2) is 37.8 Å². The second kappa shape index (κ2) is 10.0. The summed E-state index contributed by atoms with van der Waals surface area (Å²) in [4.78, 5) is 26.3. The number of nitrogens with one attached hydrogen (secondary N) is 2. The number of aromatic nitrogens is 4. The van der Waals surface area contributed by atoms with Crippen molar-refractivity contribution in [2.75, 3.05) is 0 Å². The minimum atomic E-state index is -1.17. The van der Waals surface area contributed by atoms with Gasteiger partial charge in [-0.15, -0.1) is 10.2 Å². The van der Waals surface area contributed by atoms with E-state index >= 15 is 0 Å². The van der Waals surface area contributed by atoms with E-state index in [0.29, 0.717) is 11.5 Å². The molecule has 2 amide bonds. The molecular weight excluding hydrogens is 489 g/mol. The highest BCUT2D eigenvalue weighted by Gasteiger charge is 2.34. The molecule has 0 unspecified atom stereocenters. The van der Waals surface area contributed by atoms with Gasteiger partial charge in [-0.05, 0) is 35.2 Å². The van der Waals surface area contributed by atoms with E-state index in [0.717, 1.165) is 10.7 Å². The number of hydrogen-bond donors (Lipinski definition) is 2. The lowest BCUT2D eigenvalue weighted by atomic mass is 9.86. The number of amides is 2. The van der Waals surface area contributed by atoms with Gasteiger partial charge in [0, 0.05) is 12.3 Å². The number of fused-ring (bicyclic) bond motifs is 1. The van der Waals surface area contributed by atoms with Crippen LogP contribution in [0.3, 0.4) is 0 Å². The predicted octanol–water partition coefficient (Wildman–Crippen LogP) is 3.65. The summed E-state index contributed by atoms with van der Waals surface area (Å²) in [5.74, 6) is -3.45. The van der Waals surface area contributed by atoms with Gasteiger partial charge in [-0.3, -0.25) is 14.3 Å². The molecule has 9 nitrogen and oxygen atoms in total. The Kier molecular flexibility index (Phi) is 7.01. The van der Waals surface area contributed by atoms with Gasteiger partial charge in [0.15, 0.2) is 17.3 Å². The summed E-state index contributed by atoms with van der Waals surface area (Å²) in [6, 6.07) is 6.54. The molecule has 0 bridgehead atoms. The molecule has 0 aliphatic rings. The van der Waals surface area contributed by atoms with Crippen LogP contribution in [0.25, 0.3) is 10.9 Å². The number of aryl methyl sites for hydroxylation is 1. The molecule has 37 heavy (non-hydrogen) atoms. The van der Waals surface area contributed by atoms with Crippen LogP contribution in [0.15, 0.2) is 40.8 Å². The molecule has 2 heterocycles. The van der Waals surface area contributed by atoms with Gasteiger partial charge in [-0.1, -0.05) is 32.9 Å². The normalized spacial score (nSPS) is 12.5. The zero-order valence-corrected chi connectivity index (χ0v) is 20.6. The monoisotopic (exact) mass is 514 g/mol. The molecule has 0 radical (unpaired) electrons. The molecular formula is C25H25F3N6O3. The molecule has 2 N–H and O–H groups in total. The smallest absolute Gasteiger partial charge is 0.273 e. The second-order valence-corrected chi connectivity index (χ2v) is 9.60. The SMILES string of the molecule is Cc1nnc(CNC(=O)[C@@H](NC(=O)c2nn(Cc3ccc(F)cc3)c3c(F)c(F)ccc23)C(C)(C)C)o1. The molecule has 0 spiro atoms. The van der Waals surface area contributed by atoms with Crippen LogP contribution in [-0.2, 0) is 17.9 Å². The van der Waals surface area contributed by atoms with E-state index in [2.05, 4.69) is 25.9 Å². The molecule has 0 saturated heterocycles. The zero-order chi connectivity index (χ0) is 26.9. The minimum Gasteiger partial charge on any atom is -0.424 e. The first-order chi connectivity index (χ1) is 17.4. The van der Waals surface area contributed by atoms with Crippen molar-refractivity contribution in [1.29, 1.82) is 0 Å². The molecule has 0 fully saturated rings. The summed E-state index contributed by atoms with van der Waals surface area (Å²) in [7, 11) is 0. The van der Waals surface area contributed by atoms with Crippen molar-refractivity contribution in [2.45, 2.75) is 46.8 Å². The predicted molar refractivity (Wildman–Crippen MR) is 127 cm³/mol. The standard InChI is InChI=1S/C25H25F3N6O3/c1-13-31-32-18(37-13)11-29-24(36)22(25(2,3)4)30-23(35)20-16-9-10-17(27)19(28)21(16)34(33-20)12-14-5-7-15(26)8-6-14/h5-10,22H,11-12H2,1-4H3,(H,29,36)(H,30,35)/t22-/m1/s1. The average Bonchev–Trinajstić information content (AvgIpc) is 3.42. The molecule has 4 aromatic rings. The van der Waals surface area contributed by atoms with Crippen LogP contribution in [0.5, 0.6) is 0 Å². The van der Waals surface area contributed by atoms with Crippen LogP contribution >= 0.6 is 0 Å². The third-order valence-electron chi connectivity index (χ3n) is 5.65. The van der Waals surface area contributed by atoms with Crippen LogP contribution in [0, 0.1) is 29.8 Å². The first-order valence-corrected chi connectivity index (χ1v) is 11.4. The number of carbonyl (C=O) groups excluding carboxylic acids is 2. The van der Waals surface area contributed by atoms with Gasteiger partial charge in [-0.25, -0.2) is 13.2 Å². The molecule has 12 heteroatoms. The maximum absolute atomic E-state index is 14.8. The van der Waals surface area contributed by atoms with E-state index in [-0.39, 0.29) is 35.6 Å². The van der Waals surface area contributed by atoms with Gasteiger partial charge in [-0.2, -0.15) is 5.10 Å². The summed E-state index contributed by atoms with van der Waals surface area (Å²) in [6.45, 7) is 6.81. The molecule has 0 saturated carbocycles. The lowest BCUT2D eigenvalue weighted by molar-refractivity contribution is -0.125. The Bertz CT molecular complexity index is 1460. The topological polar surface area (TPSA) is 115 Å². The van der Waals surface area contributed by atoms with E-state index in [9.17, 15) is 22.8 Å². The summed E-state index contributed by atoms with van der Waals surface area (Å²) in [6.07, 6.45) is 0. The highest BCUT2D eigenvalue weighted by Crippen LogP contribution is 2.26. The fourth-order valence-electron chi connectivity index (χ4n) is 3.80. The first kappa shape index (κ1) is 25.9. The Hall–Kier alpha value is -4.22. The maximum atomic E-state index is 14.8. The van der Waals surface area contributed by atoms with E-state index in [1.165, 1.54) is 30.3 Å². The third kappa shape index (κ3) is 5.63. The van der Waals surface area contributed by atoms with Gasteiger partial charge >= 0.3 is 0 Å². The summed E-state index contributed by atoms with van der Waals surface area (Å²) < 4.78 is 48.6. The van der Waals surface area contributed by atoms with Crippen molar-refractivity contribution in [1.82, 2.24) is 30.6 Å². The summed E-state index contributed by atoms with van der Waals surface area (Å²) >= 11 is 0. The number of halogens is 3. The molecule has 194 valence electrons. The molecule has 0 aliphatic carbocycles. The Morgan fingerprint density at radius 3 is 2.38 bits per heavy atom. The van der Waals surface area contributed by atoms with Gasteiger partial charge in [0.1, 0.15) is 17.4 Å². The van der Waals surface area contributed by atoms with Crippen LogP contribution in [0.1, 0.15) is 48.6 Å². The largest absolute Gasteiger partial charge is 0.424 e. The van der Waals surface area contributed by atoms with E-state index in [1.807, 2.05) is 0 Å². The van der Waals surface area contributed by atoms with Gasteiger partial charge in [0.05, 0.1) is 13.1 Å². The van der Waals surface area contributed by atoms with Gasteiger partial charge in [0.25, 0.3) is 5.91 Å². The molecule has 2 aromatic heterocycles. The molecule has 2 aromatic carbocycles. The maximum Gasteiger partial charge on any atom is 0.273 e. The van der Waals surface area contributed by atoms with Crippen molar-refractivity contribution in [2.24, 2.45) is 5.41 Å². The first-order valence-electron chi connectivity index (χ1n) is 11.4. The number of hydrogen-bond acceptors (Lipinski definition) is 6. The van der Waals surface area contributed by atoms with Crippen molar-refractivity contribution < 1.29 is 27.2 Å². The van der Waals surface area contributed by atoms with Gasteiger partial charge < -0.3 is 15.1 Å². The van der Waals surface area contributed by atoms with E-state index in [4.69, 9.17) is 4.42 Å². The number of nitrogens with zero attached hydrogens (tertiary/aromatic N) is 4. The Balaban J connectivity index is 1.63. The Morgan fingerprint density at radius 2 is 1.76 bits per heavy atom. The Morgan fingerprint density at radius 1 is 1.05 bits per heavy atom. The van der Waals surface area contributed by atoms with E-state index < -0.39 is 40.7 Å². The van der Waals surface area contributed by atoms with Crippen molar-refractivity contribution in [3.05, 3.63) is 76.9 Å². The van der Waals surface area contributed by atoms with Crippen molar-refractivity contribution in [3.63, 3.8) is 0 Å². The zero-order valence-electron chi connectivity index (χ0n) is 20.6. The number of rotatable bonds is 7. The molecule has 4 rings (SSSR count). The van der Waals surface area contributed by atoms with E-state index in [1.54, 1.807) is 27.7 Å². The Labute approximate surface area is 210 Å². The van der Waals surface area contributed by atoms with Gasteiger partial charge in [0.2, 0.25) is 17.7 Å². The van der Waals surface area contributed by atoms with Crippen molar-refractivity contribution in [3.8, 4) is 0 Å². The fraction of sp³-hybridized carbons (Fsp3) is 0.320. The number of carbonyl (C=O) groups is 2. The summed E-state index contributed by atoms with van der Waals surface area (Å²) in [5, 5.41) is 17.1. The molecule has 1 atom stereocenters. The second-order valence-electron chi connectivity index (χ2n) is 9.60. The number of benzene rings is 2. The van der Waals surface area contributed by atoms with Crippen LogP contribution < -0.4 is 10.6 Å². The lowest BCUT2D eigenvalue weighted by Crippen LogP contribution is -2.53. The highest BCUT2D eigenvalue weighted by molar-refractivity contribution is 6.06. The van der Waals surface area contributed by atoms with Crippen LogP contribution in [0.2, 0.25) is 0 Å². The fourth-order valence-corrected chi connectivity index (χ4v) is 3.80. The van der Waals surface area contributed by atoms with Crippen molar-refractivity contribution >= 4 is 22.7 Å². The molecule has 0 aliphatic heterocycles. The van der Waals surface area contributed by atoms with Crippen LogP contribution in [0.4, 0.5) is 13.2 Å². The third-order valence-corrected chi connectivity index (χ3v) is 5.65. The quantitative estimate of drug-likeness (QED) is 0.389. The lowest BCUT2D eigenvalue weighted by Gasteiger charge is -2.30. The minimum absolute atomic E-state index is 0.0398. The average molecular weight is 515 g/mol. The highest BCUT2D eigenvalue weighted by atomic mass is 19.2. The summed E-state index contributed by atoms with van der Waals surface area (Å²) in [5.41, 5.74) is -0.581.